The third kappa shape index (κ3) is 5.53. The molecule has 0 fully saturated rings. The standard InChI is InChI=1S/C52H36N2/c1-4-15-37(16-5-1)39-27-29-40(30-28-39)42-33-34-49(47(36-42)43-32-31-38-17-10-11-18-41(38)35-43)54(45-21-8-3-9-22-45)51-26-14-25-50-52(51)46-23-12-13-24-48(46)53(50)44-19-6-2-7-20-44/h1-36H. The van der Waals surface area contributed by atoms with Gasteiger partial charge in [0.2, 0.25) is 0 Å². The fraction of sp³-hybridized carbons (Fsp3) is 0. The summed E-state index contributed by atoms with van der Waals surface area (Å²) in [5, 5.41) is 4.88. The Morgan fingerprint density at radius 1 is 0.333 bits per heavy atom. The average molecular weight is 689 g/mol. The first-order valence-electron chi connectivity index (χ1n) is 18.5. The van der Waals surface area contributed by atoms with Crippen LogP contribution in [0.1, 0.15) is 0 Å². The number of aromatic nitrogens is 1. The molecule has 1 heterocycles. The molecule has 0 radical (unpaired) electrons. The molecule has 0 N–H and O–H groups in total. The molecule has 254 valence electrons. The van der Waals surface area contributed by atoms with E-state index >= 15 is 0 Å². The Morgan fingerprint density at radius 3 is 1.69 bits per heavy atom. The van der Waals surface area contributed by atoms with Crippen molar-refractivity contribution in [3.63, 3.8) is 0 Å². The fourth-order valence-electron chi connectivity index (χ4n) is 8.01. The normalized spacial score (nSPS) is 11.3. The number of nitrogens with zero attached hydrogens (tertiary/aromatic N) is 2. The van der Waals surface area contributed by atoms with Gasteiger partial charge in [-0.05, 0) is 99.3 Å². The van der Waals surface area contributed by atoms with Crippen molar-refractivity contribution in [2.75, 3.05) is 4.90 Å². The first-order valence-corrected chi connectivity index (χ1v) is 18.5. The summed E-state index contributed by atoms with van der Waals surface area (Å²) in [6, 6.07) is 79.0. The third-order valence-corrected chi connectivity index (χ3v) is 10.6. The highest BCUT2D eigenvalue weighted by Crippen LogP contribution is 2.47. The van der Waals surface area contributed by atoms with Gasteiger partial charge < -0.3 is 9.47 Å². The van der Waals surface area contributed by atoms with Crippen LogP contribution in [0.4, 0.5) is 17.1 Å². The van der Waals surface area contributed by atoms with Crippen molar-refractivity contribution in [2.24, 2.45) is 0 Å². The summed E-state index contributed by atoms with van der Waals surface area (Å²) in [4.78, 5) is 2.46. The number of hydrogen-bond donors (Lipinski definition) is 0. The van der Waals surface area contributed by atoms with Crippen molar-refractivity contribution in [3.8, 4) is 39.1 Å². The number of fused-ring (bicyclic) bond motifs is 4. The molecule has 10 rings (SSSR count). The van der Waals surface area contributed by atoms with Gasteiger partial charge >= 0.3 is 0 Å². The van der Waals surface area contributed by atoms with Crippen molar-refractivity contribution in [3.05, 3.63) is 218 Å². The van der Waals surface area contributed by atoms with Gasteiger partial charge in [0.25, 0.3) is 0 Å². The maximum absolute atomic E-state index is 2.46. The number of para-hydroxylation sites is 3. The van der Waals surface area contributed by atoms with Gasteiger partial charge in [-0.15, -0.1) is 0 Å². The van der Waals surface area contributed by atoms with Gasteiger partial charge in [0, 0.05) is 27.7 Å². The maximum atomic E-state index is 2.46. The Labute approximate surface area is 315 Å². The zero-order chi connectivity index (χ0) is 35.8. The lowest BCUT2D eigenvalue weighted by Gasteiger charge is -2.29. The SMILES string of the molecule is c1ccc(-c2ccc(-c3ccc(N(c4ccccc4)c4cccc5c4c4ccccc4n5-c4ccccc4)c(-c4ccc5ccccc5c4)c3)cc2)cc1. The molecule has 1 aromatic heterocycles. The smallest absolute Gasteiger partial charge is 0.0562 e. The van der Waals surface area contributed by atoms with Crippen molar-refractivity contribution in [2.45, 2.75) is 0 Å². The summed E-state index contributed by atoms with van der Waals surface area (Å²) in [7, 11) is 0. The Kier molecular flexibility index (Phi) is 7.85. The Morgan fingerprint density at radius 2 is 0.907 bits per heavy atom. The molecule has 2 heteroatoms. The molecule has 0 bridgehead atoms. The number of rotatable bonds is 7. The molecule has 0 aliphatic rings. The number of anilines is 3. The Bertz CT molecular complexity index is 2910. The number of benzene rings is 9. The minimum Gasteiger partial charge on any atom is -0.309 e. The third-order valence-electron chi connectivity index (χ3n) is 10.6. The highest BCUT2D eigenvalue weighted by molar-refractivity contribution is 6.17. The minimum atomic E-state index is 1.10. The van der Waals surface area contributed by atoms with E-state index in [4.69, 9.17) is 0 Å². The fourth-order valence-corrected chi connectivity index (χ4v) is 8.01. The predicted octanol–water partition coefficient (Wildman–Crippen LogP) is 14.4. The summed E-state index contributed by atoms with van der Waals surface area (Å²) >= 11 is 0. The molecule has 0 atom stereocenters. The molecule has 0 unspecified atom stereocenters. The van der Waals surface area contributed by atoms with Crippen molar-refractivity contribution in [1.82, 2.24) is 4.57 Å². The second-order valence-corrected chi connectivity index (χ2v) is 13.8. The molecule has 0 saturated heterocycles. The van der Waals surface area contributed by atoms with Gasteiger partial charge in [-0.25, -0.2) is 0 Å². The van der Waals surface area contributed by atoms with Crippen LogP contribution in [-0.4, -0.2) is 4.57 Å². The van der Waals surface area contributed by atoms with Crippen molar-refractivity contribution >= 4 is 49.6 Å². The molecule has 10 aromatic rings. The lowest BCUT2D eigenvalue weighted by atomic mass is 9.93. The molecule has 0 spiro atoms. The van der Waals surface area contributed by atoms with Crippen LogP contribution in [0.3, 0.4) is 0 Å². The van der Waals surface area contributed by atoms with Crippen LogP contribution >= 0.6 is 0 Å². The topological polar surface area (TPSA) is 8.17 Å². The van der Waals surface area contributed by atoms with E-state index in [1.54, 1.807) is 0 Å². The van der Waals surface area contributed by atoms with E-state index in [0.29, 0.717) is 0 Å². The molecule has 2 nitrogen and oxygen atoms in total. The van der Waals surface area contributed by atoms with Gasteiger partial charge in [0.05, 0.1) is 22.4 Å². The maximum Gasteiger partial charge on any atom is 0.0562 e. The predicted molar refractivity (Wildman–Crippen MR) is 229 cm³/mol. The van der Waals surface area contributed by atoms with E-state index in [0.717, 1.165) is 28.3 Å². The zero-order valence-corrected chi connectivity index (χ0v) is 29.7. The average Bonchev–Trinajstić information content (AvgIpc) is 3.60. The van der Waals surface area contributed by atoms with Gasteiger partial charge in [0.1, 0.15) is 0 Å². The van der Waals surface area contributed by atoms with Gasteiger partial charge in [-0.3, -0.25) is 0 Å². The van der Waals surface area contributed by atoms with Crippen LogP contribution in [-0.2, 0) is 0 Å². The highest BCUT2D eigenvalue weighted by Gasteiger charge is 2.23. The van der Waals surface area contributed by atoms with E-state index in [-0.39, 0.29) is 0 Å². The molecule has 54 heavy (non-hydrogen) atoms. The molecule has 0 amide bonds. The van der Waals surface area contributed by atoms with Crippen LogP contribution in [0, 0.1) is 0 Å². The summed E-state index contributed by atoms with van der Waals surface area (Å²) in [6.45, 7) is 0. The monoisotopic (exact) mass is 688 g/mol. The molecule has 0 aliphatic carbocycles. The summed E-state index contributed by atoms with van der Waals surface area (Å²) in [5.74, 6) is 0. The van der Waals surface area contributed by atoms with Crippen LogP contribution < -0.4 is 4.90 Å². The van der Waals surface area contributed by atoms with E-state index in [2.05, 4.69) is 228 Å². The van der Waals surface area contributed by atoms with Crippen LogP contribution in [0.5, 0.6) is 0 Å². The van der Waals surface area contributed by atoms with E-state index < -0.39 is 0 Å². The van der Waals surface area contributed by atoms with Crippen molar-refractivity contribution < 1.29 is 0 Å². The van der Waals surface area contributed by atoms with Crippen LogP contribution in [0.15, 0.2) is 218 Å². The molecule has 9 aromatic carbocycles. The first-order chi connectivity index (χ1) is 26.8. The highest BCUT2D eigenvalue weighted by atomic mass is 15.1. The van der Waals surface area contributed by atoms with Crippen molar-refractivity contribution in [1.29, 1.82) is 0 Å². The zero-order valence-electron chi connectivity index (χ0n) is 29.7. The van der Waals surface area contributed by atoms with E-state index in [9.17, 15) is 0 Å². The van der Waals surface area contributed by atoms with Gasteiger partial charge in [-0.2, -0.15) is 0 Å². The first kappa shape index (κ1) is 31.6. The summed E-state index contributed by atoms with van der Waals surface area (Å²) in [6.07, 6.45) is 0. The summed E-state index contributed by atoms with van der Waals surface area (Å²) in [5.41, 5.74) is 14.0. The minimum absolute atomic E-state index is 1.10. The molecular formula is C52H36N2. The largest absolute Gasteiger partial charge is 0.309 e. The van der Waals surface area contributed by atoms with Crippen LogP contribution in [0.2, 0.25) is 0 Å². The van der Waals surface area contributed by atoms with Crippen LogP contribution in [0.25, 0.3) is 71.6 Å². The quantitative estimate of drug-likeness (QED) is 0.162. The van der Waals surface area contributed by atoms with E-state index in [1.807, 2.05) is 0 Å². The number of hydrogen-bond acceptors (Lipinski definition) is 1. The Balaban J connectivity index is 1.23. The summed E-state index contributed by atoms with van der Waals surface area (Å²) < 4.78 is 2.39. The second kappa shape index (κ2) is 13.4. The Hall–Kier alpha value is -7.16. The molecular weight excluding hydrogens is 653 g/mol. The van der Waals surface area contributed by atoms with E-state index in [1.165, 1.54) is 60.4 Å². The second-order valence-electron chi connectivity index (χ2n) is 13.8. The lowest BCUT2D eigenvalue weighted by molar-refractivity contribution is 1.18. The molecule has 0 aliphatic heterocycles. The lowest BCUT2D eigenvalue weighted by Crippen LogP contribution is -2.12. The van der Waals surface area contributed by atoms with Gasteiger partial charge in [0.15, 0.2) is 0 Å². The van der Waals surface area contributed by atoms with Gasteiger partial charge in [-0.1, -0.05) is 158 Å². The molecule has 0 saturated carbocycles.